The second-order valence-corrected chi connectivity index (χ2v) is 6.59. The van der Waals surface area contributed by atoms with Gasteiger partial charge in [0.2, 0.25) is 5.28 Å². The van der Waals surface area contributed by atoms with Crippen LogP contribution in [0, 0.1) is 0 Å². The van der Waals surface area contributed by atoms with Crippen LogP contribution in [0.4, 0.5) is 5.82 Å². The monoisotopic (exact) mass is 336 g/mol. The van der Waals surface area contributed by atoms with Crippen LogP contribution in [0.5, 0.6) is 0 Å². The molecule has 1 atom stereocenters. The third-order valence-electron chi connectivity index (χ3n) is 4.60. The highest BCUT2D eigenvalue weighted by Gasteiger charge is 2.25. The normalized spacial score (nSPS) is 23.6. The van der Waals surface area contributed by atoms with Crippen molar-refractivity contribution in [1.82, 2.24) is 25.1 Å². The van der Waals surface area contributed by atoms with Crippen molar-refractivity contribution in [2.24, 2.45) is 0 Å². The molecule has 2 aliphatic heterocycles. The van der Waals surface area contributed by atoms with Crippen LogP contribution in [0.1, 0.15) is 25.8 Å². The van der Waals surface area contributed by atoms with Crippen LogP contribution in [0.15, 0.2) is 6.20 Å². The summed E-state index contributed by atoms with van der Waals surface area (Å²) in [6, 6.07) is 0.371. The molecule has 23 heavy (non-hydrogen) atoms. The van der Waals surface area contributed by atoms with Crippen LogP contribution in [0.2, 0.25) is 5.28 Å². The fraction of sp³-hybridized carbons (Fsp3) is 0.667. The van der Waals surface area contributed by atoms with Crippen molar-refractivity contribution in [2.45, 2.75) is 31.9 Å². The smallest absolute Gasteiger partial charge is 0.226 e. The second-order valence-electron chi connectivity index (χ2n) is 6.25. The zero-order valence-electron chi connectivity index (χ0n) is 13.2. The first-order valence-electron chi connectivity index (χ1n) is 8.20. The first kappa shape index (κ1) is 15.1. The average molecular weight is 337 g/mol. The third kappa shape index (κ3) is 2.88. The van der Waals surface area contributed by atoms with E-state index in [4.69, 9.17) is 16.3 Å². The molecule has 0 bridgehead atoms. The Bertz CT molecular complexity index is 699. The van der Waals surface area contributed by atoms with Gasteiger partial charge in [-0.25, -0.2) is 4.68 Å². The number of hydrogen-bond acceptors (Lipinski definition) is 6. The minimum atomic E-state index is 0.187. The molecule has 7 nitrogen and oxygen atoms in total. The van der Waals surface area contributed by atoms with Crippen molar-refractivity contribution >= 4 is 28.5 Å². The van der Waals surface area contributed by atoms with Gasteiger partial charge in [0.25, 0.3) is 0 Å². The summed E-state index contributed by atoms with van der Waals surface area (Å²) < 4.78 is 7.65. The van der Waals surface area contributed by atoms with E-state index in [0.29, 0.717) is 12.6 Å². The van der Waals surface area contributed by atoms with E-state index in [9.17, 15) is 0 Å². The summed E-state index contributed by atoms with van der Waals surface area (Å²) in [5.41, 5.74) is 0.839. The third-order valence-corrected chi connectivity index (χ3v) is 4.77. The Kier molecular flexibility index (Phi) is 4.09. The van der Waals surface area contributed by atoms with Crippen LogP contribution in [-0.4, -0.2) is 58.6 Å². The summed E-state index contributed by atoms with van der Waals surface area (Å²) >= 11 is 6.21. The van der Waals surface area contributed by atoms with Crippen LogP contribution in [-0.2, 0) is 4.74 Å². The van der Waals surface area contributed by atoms with Crippen molar-refractivity contribution in [3.05, 3.63) is 11.5 Å². The minimum absolute atomic E-state index is 0.187. The largest absolute Gasteiger partial charge is 0.375 e. The number of anilines is 1. The average Bonchev–Trinajstić information content (AvgIpc) is 2.98. The number of nitrogens with zero attached hydrogens (tertiary/aromatic N) is 5. The lowest BCUT2D eigenvalue weighted by Gasteiger charge is -2.32. The highest BCUT2D eigenvalue weighted by molar-refractivity contribution is 6.28. The molecule has 2 fully saturated rings. The van der Waals surface area contributed by atoms with Gasteiger partial charge in [-0.05, 0) is 44.5 Å². The van der Waals surface area contributed by atoms with Gasteiger partial charge in [-0.1, -0.05) is 0 Å². The first-order chi connectivity index (χ1) is 11.2. The molecule has 4 rings (SSSR count). The second kappa shape index (κ2) is 6.22. The van der Waals surface area contributed by atoms with E-state index >= 15 is 0 Å². The van der Waals surface area contributed by atoms with E-state index in [0.717, 1.165) is 55.9 Å². The molecule has 2 saturated heterocycles. The summed E-state index contributed by atoms with van der Waals surface area (Å²) in [7, 11) is 0. The van der Waals surface area contributed by atoms with Crippen molar-refractivity contribution in [3.63, 3.8) is 0 Å². The number of piperidine rings is 1. The molecule has 0 saturated carbocycles. The standard InChI is InChI=1S/C15H21ClN6O/c1-10-9-21(6-7-23-10)13-12-8-18-22(11-2-4-17-5-3-11)14(12)20-15(16)19-13/h8,10-11,17H,2-7,9H2,1H3. The zero-order chi connectivity index (χ0) is 15.8. The number of ether oxygens (including phenoxy) is 1. The predicted molar refractivity (Wildman–Crippen MR) is 89.1 cm³/mol. The molecule has 0 radical (unpaired) electrons. The molecule has 2 aromatic rings. The summed E-state index contributed by atoms with van der Waals surface area (Å²) in [4.78, 5) is 11.2. The Balaban J connectivity index is 1.75. The van der Waals surface area contributed by atoms with Gasteiger partial charge >= 0.3 is 0 Å². The number of hydrogen-bond donors (Lipinski definition) is 1. The summed E-state index contributed by atoms with van der Waals surface area (Å²) in [5.74, 6) is 0.871. The number of rotatable bonds is 2. The van der Waals surface area contributed by atoms with Crippen molar-refractivity contribution in [2.75, 3.05) is 37.7 Å². The van der Waals surface area contributed by atoms with E-state index in [-0.39, 0.29) is 11.4 Å². The van der Waals surface area contributed by atoms with Gasteiger partial charge in [0.1, 0.15) is 5.82 Å². The molecule has 2 aromatic heterocycles. The van der Waals surface area contributed by atoms with Crippen LogP contribution < -0.4 is 10.2 Å². The quantitative estimate of drug-likeness (QED) is 0.841. The van der Waals surface area contributed by atoms with Crippen molar-refractivity contribution in [3.8, 4) is 0 Å². The van der Waals surface area contributed by atoms with Crippen LogP contribution in [0.3, 0.4) is 0 Å². The molecule has 0 aliphatic carbocycles. The summed E-state index contributed by atoms with van der Waals surface area (Å²) in [5, 5.41) is 9.24. The maximum absolute atomic E-state index is 6.21. The number of fused-ring (bicyclic) bond motifs is 1. The van der Waals surface area contributed by atoms with E-state index in [1.807, 2.05) is 10.9 Å². The highest BCUT2D eigenvalue weighted by Crippen LogP contribution is 2.30. The van der Waals surface area contributed by atoms with E-state index in [1.54, 1.807) is 0 Å². The molecular formula is C15H21ClN6O. The molecule has 124 valence electrons. The number of halogens is 1. The Morgan fingerprint density at radius 1 is 1.30 bits per heavy atom. The lowest BCUT2D eigenvalue weighted by atomic mass is 10.1. The first-order valence-corrected chi connectivity index (χ1v) is 8.58. The topological polar surface area (TPSA) is 68.1 Å². The molecular weight excluding hydrogens is 316 g/mol. The van der Waals surface area contributed by atoms with E-state index in [2.05, 4.69) is 32.2 Å². The molecule has 0 spiro atoms. The Hall–Kier alpha value is -1.44. The van der Waals surface area contributed by atoms with Gasteiger partial charge in [-0.2, -0.15) is 15.1 Å². The Morgan fingerprint density at radius 2 is 2.13 bits per heavy atom. The molecule has 1 unspecified atom stereocenters. The predicted octanol–water partition coefficient (Wildman–Crippen LogP) is 1.63. The van der Waals surface area contributed by atoms with Crippen molar-refractivity contribution < 1.29 is 4.74 Å². The van der Waals surface area contributed by atoms with Gasteiger partial charge in [0, 0.05) is 13.1 Å². The summed E-state index contributed by atoms with van der Waals surface area (Å²) in [6.45, 7) is 6.42. The van der Waals surface area contributed by atoms with Gasteiger partial charge in [-0.3, -0.25) is 0 Å². The van der Waals surface area contributed by atoms with Gasteiger partial charge in [0.15, 0.2) is 5.65 Å². The SMILES string of the molecule is CC1CN(c2nc(Cl)nc3c2cnn3C2CCNCC2)CCO1. The summed E-state index contributed by atoms with van der Waals surface area (Å²) in [6.07, 6.45) is 4.18. The lowest BCUT2D eigenvalue weighted by molar-refractivity contribution is 0.0530. The molecule has 2 aliphatic rings. The van der Waals surface area contributed by atoms with Crippen LogP contribution in [0.25, 0.3) is 11.0 Å². The van der Waals surface area contributed by atoms with Gasteiger partial charge < -0.3 is 15.0 Å². The van der Waals surface area contributed by atoms with E-state index in [1.165, 1.54) is 0 Å². The molecule has 4 heterocycles. The molecule has 0 aromatic carbocycles. The highest BCUT2D eigenvalue weighted by atomic mass is 35.5. The maximum atomic E-state index is 6.21. The van der Waals surface area contributed by atoms with Crippen LogP contribution >= 0.6 is 11.6 Å². The van der Waals surface area contributed by atoms with Gasteiger partial charge in [0.05, 0.1) is 30.3 Å². The number of nitrogens with one attached hydrogen (secondary N) is 1. The Morgan fingerprint density at radius 3 is 2.91 bits per heavy atom. The fourth-order valence-corrected chi connectivity index (χ4v) is 3.62. The number of morpholine rings is 1. The maximum Gasteiger partial charge on any atom is 0.226 e. The molecule has 8 heteroatoms. The minimum Gasteiger partial charge on any atom is -0.375 e. The zero-order valence-corrected chi connectivity index (χ0v) is 14.0. The number of aromatic nitrogens is 4. The van der Waals surface area contributed by atoms with Gasteiger partial charge in [-0.15, -0.1) is 0 Å². The fourth-order valence-electron chi connectivity index (χ4n) is 3.46. The van der Waals surface area contributed by atoms with Crippen molar-refractivity contribution in [1.29, 1.82) is 0 Å². The van der Waals surface area contributed by atoms with E-state index < -0.39 is 0 Å². The lowest BCUT2D eigenvalue weighted by Crippen LogP contribution is -2.41. The molecule has 1 N–H and O–H groups in total. The molecule has 0 amide bonds. The Labute approximate surface area is 140 Å².